The minimum absolute atomic E-state index is 0.0193. The molecule has 0 N–H and O–H groups in total. The van der Waals surface area contributed by atoms with Crippen molar-refractivity contribution in [2.24, 2.45) is 29.6 Å². The highest BCUT2D eigenvalue weighted by Gasteiger charge is 2.40. The predicted octanol–water partition coefficient (Wildman–Crippen LogP) is 12.9. The van der Waals surface area contributed by atoms with Crippen LogP contribution in [0.25, 0.3) is 0 Å². The summed E-state index contributed by atoms with van der Waals surface area (Å²) in [6.07, 6.45) is 42.2. The van der Waals surface area contributed by atoms with Gasteiger partial charge >= 0.3 is 5.97 Å². The van der Waals surface area contributed by atoms with Crippen LogP contribution in [-0.4, -0.2) is 75.7 Å². The molecule has 4 rings (SSSR count). The normalized spacial score (nSPS) is 27.6. The lowest BCUT2D eigenvalue weighted by Crippen LogP contribution is -2.39. The summed E-state index contributed by atoms with van der Waals surface area (Å²) in [6.45, 7) is 8.65. The lowest BCUT2D eigenvalue weighted by Gasteiger charge is -2.24. The smallest absolute Gasteiger partial charge is 0.310 e. The van der Waals surface area contributed by atoms with Crippen LogP contribution in [0.15, 0.2) is 0 Å². The van der Waals surface area contributed by atoms with Gasteiger partial charge in [0.1, 0.15) is 24.9 Å². The number of hydrogen-bond acceptors (Lipinski definition) is 6. The highest BCUT2D eigenvalue weighted by molar-refractivity contribution is 5.73. The molecular formula is C49H91NO5. The van der Waals surface area contributed by atoms with Gasteiger partial charge in [-0.2, -0.15) is 0 Å². The summed E-state index contributed by atoms with van der Waals surface area (Å²) in [6, 6.07) is 0. The topological polar surface area (TPSA) is 57.2 Å². The molecule has 4 fully saturated rings. The second-order valence-electron chi connectivity index (χ2n) is 18.9. The molecule has 322 valence electrons. The van der Waals surface area contributed by atoms with Gasteiger partial charge in [-0.05, 0) is 69.4 Å². The van der Waals surface area contributed by atoms with Crippen LogP contribution in [0.1, 0.15) is 213 Å². The van der Waals surface area contributed by atoms with E-state index in [-0.39, 0.29) is 36.8 Å². The molecular weight excluding hydrogens is 683 g/mol. The van der Waals surface area contributed by atoms with Crippen molar-refractivity contribution in [1.82, 2.24) is 4.90 Å². The van der Waals surface area contributed by atoms with Crippen LogP contribution in [0.3, 0.4) is 0 Å². The number of ether oxygens (including phenoxy) is 4. The zero-order chi connectivity index (χ0) is 38.8. The number of esters is 1. The molecule has 8 atom stereocenters. The van der Waals surface area contributed by atoms with Gasteiger partial charge in [-0.3, -0.25) is 4.79 Å². The average Bonchev–Trinajstić information content (AvgIpc) is 4.03. The third-order valence-corrected chi connectivity index (χ3v) is 13.9. The summed E-state index contributed by atoms with van der Waals surface area (Å²) in [5.41, 5.74) is 0. The summed E-state index contributed by atoms with van der Waals surface area (Å²) in [5.74, 6) is 4.13. The fourth-order valence-corrected chi connectivity index (χ4v) is 9.85. The SMILES string of the molecule is CCCCCCCCC1CC1CCCCCCCCO[C@@H]1[C@@H](OCCCCCCCCC2CC2CCCCCCCC)CO[C@@H]1COC(=O)C1CCN(C)C1. The average molecular weight is 774 g/mol. The number of unbranched alkanes of at least 4 members (excludes halogenated alkanes) is 20. The molecule has 6 nitrogen and oxygen atoms in total. The van der Waals surface area contributed by atoms with Crippen LogP contribution in [0.4, 0.5) is 0 Å². The first-order valence-corrected chi connectivity index (χ1v) is 24.8. The largest absolute Gasteiger partial charge is 0.463 e. The maximum atomic E-state index is 12.8. The van der Waals surface area contributed by atoms with Gasteiger partial charge in [0.25, 0.3) is 0 Å². The van der Waals surface area contributed by atoms with Crippen LogP contribution in [-0.2, 0) is 23.7 Å². The molecule has 0 aromatic carbocycles. The Balaban J connectivity index is 1.00. The van der Waals surface area contributed by atoms with Crippen molar-refractivity contribution in [3.8, 4) is 0 Å². The van der Waals surface area contributed by atoms with E-state index in [1.54, 1.807) is 0 Å². The molecule has 2 aliphatic carbocycles. The highest BCUT2D eigenvalue weighted by atomic mass is 16.6. The summed E-state index contributed by atoms with van der Waals surface area (Å²) in [4.78, 5) is 15.0. The Labute approximate surface area is 341 Å². The molecule has 2 aliphatic heterocycles. The quantitative estimate of drug-likeness (QED) is 0.0463. The Morgan fingerprint density at radius 2 is 1.02 bits per heavy atom. The van der Waals surface area contributed by atoms with Crippen LogP contribution >= 0.6 is 0 Å². The minimum Gasteiger partial charge on any atom is -0.463 e. The fraction of sp³-hybridized carbons (Fsp3) is 0.980. The molecule has 0 aromatic heterocycles. The van der Waals surface area contributed by atoms with Crippen LogP contribution in [0, 0.1) is 29.6 Å². The van der Waals surface area contributed by atoms with Crippen LogP contribution < -0.4 is 0 Å². The third kappa shape index (κ3) is 20.7. The fourth-order valence-electron chi connectivity index (χ4n) is 9.85. The Bertz CT molecular complexity index is 946. The van der Waals surface area contributed by atoms with Gasteiger partial charge in [0.2, 0.25) is 0 Å². The van der Waals surface area contributed by atoms with Gasteiger partial charge in [0.15, 0.2) is 0 Å². The van der Waals surface area contributed by atoms with Crippen molar-refractivity contribution in [3.63, 3.8) is 0 Å². The van der Waals surface area contributed by atoms with Crippen LogP contribution in [0.2, 0.25) is 0 Å². The van der Waals surface area contributed by atoms with E-state index in [4.69, 9.17) is 18.9 Å². The number of carbonyl (C=O) groups excluding carboxylic acids is 1. The first kappa shape index (κ1) is 47.0. The lowest BCUT2D eigenvalue weighted by atomic mass is 10.0. The lowest BCUT2D eigenvalue weighted by molar-refractivity contribution is -0.154. The molecule has 2 heterocycles. The van der Waals surface area contributed by atoms with E-state index in [0.717, 1.165) is 69.2 Å². The zero-order valence-electron chi connectivity index (χ0n) is 36.8. The molecule has 0 bridgehead atoms. The maximum Gasteiger partial charge on any atom is 0.310 e. The summed E-state index contributed by atoms with van der Waals surface area (Å²) < 4.78 is 24.9. The van der Waals surface area contributed by atoms with E-state index < -0.39 is 0 Å². The standard InChI is InChI=1S/C49H91NO5/c1-4-6-8-10-16-22-28-41-36-43(41)30-24-18-12-14-20-26-34-52-46-39-54-47(40-55-49(51)45-32-33-50(3)38-45)48(46)53-35-27-21-15-13-19-25-31-44-37-42(44)29-23-17-11-9-7-5-2/h41-48H,4-40H2,1-3H3/t41?,42?,43?,44?,45?,46-,47+,48+/m0/s1. The maximum absolute atomic E-state index is 12.8. The van der Waals surface area contributed by atoms with Crippen molar-refractivity contribution >= 4 is 5.97 Å². The van der Waals surface area contributed by atoms with Crippen LogP contribution in [0.5, 0.6) is 0 Å². The number of hydrogen-bond donors (Lipinski definition) is 0. The van der Waals surface area contributed by atoms with E-state index in [9.17, 15) is 4.79 Å². The molecule has 2 saturated heterocycles. The molecule has 0 radical (unpaired) electrons. The summed E-state index contributed by atoms with van der Waals surface area (Å²) in [5, 5.41) is 0. The number of carbonyl (C=O) groups is 1. The number of rotatable bonds is 37. The second-order valence-corrected chi connectivity index (χ2v) is 18.9. The van der Waals surface area contributed by atoms with Crippen molar-refractivity contribution in [1.29, 1.82) is 0 Å². The third-order valence-electron chi connectivity index (χ3n) is 13.9. The molecule has 5 unspecified atom stereocenters. The number of likely N-dealkylation sites (tertiary alicyclic amines) is 1. The van der Waals surface area contributed by atoms with Gasteiger partial charge in [0, 0.05) is 19.8 Å². The van der Waals surface area contributed by atoms with E-state index >= 15 is 0 Å². The van der Waals surface area contributed by atoms with E-state index in [1.165, 1.54) is 180 Å². The number of nitrogens with zero attached hydrogens (tertiary/aromatic N) is 1. The summed E-state index contributed by atoms with van der Waals surface area (Å²) in [7, 11) is 2.07. The molecule has 0 spiro atoms. The van der Waals surface area contributed by atoms with Gasteiger partial charge < -0.3 is 23.8 Å². The van der Waals surface area contributed by atoms with E-state index in [2.05, 4.69) is 25.8 Å². The molecule has 4 aliphatic rings. The van der Waals surface area contributed by atoms with Gasteiger partial charge in [-0.15, -0.1) is 0 Å². The predicted molar refractivity (Wildman–Crippen MR) is 230 cm³/mol. The van der Waals surface area contributed by atoms with Gasteiger partial charge in [0.05, 0.1) is 12.5 Å². The second kappa shape index (κ2) is 29.5. The Hall–Kier alpha value is -0.690. The summed E-state index contributed by atoms with van der Waals surface area (Å²) >= 11 is 0. The first-order valence-electron chi connectivity index (χ1n) is 24.8. The zero-order valence-corrected chi connectivity index (χ0v) is 36.8. The highest BCUT2D eigenvalue weighted by Crippen LogP contribution is 2.46. The van der Waals surface area contributed by atoms with E-state index in [1.807, 2.05) is 0 Å². The van der Waals surface area contributed by atoms with Crippen molar-refractivity contribution in [3.05, 3.63) is 0 Å². The Morgan fingerprint density at radius 1 is 0.582 bits per heavy atom. The Morgan fingerprint density at radius 3 is 1.47 bits per heavy atom. The minimum atomic E-state index is -0.239. The first-order chi connectivity index (χ1) is 27.1. The molecule has 2 saturated carbocycles. The monoisotopic (exact) mass is 774 g/mol. The molecule has 55 heavy (non-hydrogen) atoms. The van der Waals surface area contributed by atoms with Crippen molar-refractivity contribution < 1.29 is 23.7 Å². The van der Waals surface area contributed by atoms with Crippen molar-refractivity contribution in [2.45, 2.75) is 231 Å². The molecule has 0 aromatic rings. The van der Waals surface area contributed by atoms with Gasteiger partial charge in [-0.1, -0.05) is 181 Å². The van der Waals surface area contributed by atoms with Gasteiger partial charge in [-0.25, -0.2) is 0 Å². The van der Waals surface area contributed by atoms with E-state index in [0.29, 0.717) is 6.61 Å². The Kier molecular flexibility index (Phi) is 25.2. The molecule has 6 heteroatoms. The van der Waals surface area contributed by atoms with Crippen molar-refractivity contribution in [2.75, 3.05) is 46.6 Å². The molecule has 0 amide bonds.